The van der Waals surface area contributed by atoms with Crippen molar-refractivity contribution in [2.24, 2.45) is 0 Å². The van der Waals surface area contributed by atoms with E-state index in [9.17, 15) is 9.90 Å². The molecule has 1 amide bonds. The van der Waals surface area contributed by atoms with Crippen LogP contribution >= 0.6 is 22.9 Å². The molecule has 2 aromatic heterocycles. The van der Waals surface area contributed by atoms with Gasteiger partial charge in [-0.25, -0.2) is 4.98 Å². The van der Waals surface area contributed by atoms with Crippen molar-refractivity contribution in [3.8, 4) is 0 Å². The first-order valence-electron chi connectivity index (χ1n) is 5.64. The van der Waals surface area contributed by atoms with Crippen LogP contribution in [0, 0.1) is 0 Å². The van der Waals surface area contributed by atoms with Crippen LogP contribution in [0.5, 0.6) is 0 Å². The molecular formula is C13H13ClN2O2S. The number of nitrogens with one attached hydrogen (secondary N) is 1. The largest absolute Gasteiger partial charge is 0.384 e. The van der Waals surface area contributed by atoms with E-state index in [0.717, 1.165) is 5.56 Å². The first kappa shape index (κ1) is 14.0. The number of rotatable bonds is 4. The number of aliphatic hydroxyl groups is 1. The Morgan fingerprint density at radius 2 is 2.37 bits per heavy atom. The van der Waals surface area contributed by atoms with Crippen molar-refractivity contribution in [1.82, 2.24) is 10.3 Å². The Morgan fingerprint density at radius 1 is 1.58 bits per heavy atom. The monoisotopic (exact) mass is 296 g/mol. The molecule has 2 rings (SSSR count). The third-order valence-electron chi connectivity index (χ3n) is 2.72. The average molecular weight is 297 g/mol. The standard InChI is InChI=1S/C13H13ClN2O2S/c1-13(18,10-3-5-19-7-10)8-16-12(17)9-2-4-15-11(14)6-9/h2-7,18H,8H2,1H3,(H,16,17). The van der Waals surface area contributed by atoms with Crippen LogP contribution in [0.15, 0.2) is 35.2 Å². The third-order valence-corrected chi connectivity index (χ3v) is 3.61. The van der Waals surface area contributed by atoms with Gasteiger partial charge in [0.15, 0.2) is 0 Å². The SMILES string of the molecule is CC(O)(CNC(=O)c1ccnc(Cl)c1)c1ccsc1. The zero-order valence-electron chi connectivity index (χ0n) is 10.3. The van der Waals surface area contributed by atoms with Crippen LogP contribution in [0.2, 0.25) is 5.15 Å². The van der Waals surface area contributed by atoms with Crippen LogP contribution in [0.1, 0.15) is 22.8 Å². The number of hydrogen-bond donors (Lipinski definition) is 2. The Bertz CT molecular complexity index is 570. The minimum absolute atomic E-state index is 0.127. The highest BCUT2D eigenvalue weighted by Crippen LogP contribution is 2.22. The summed E-state index contributed by atoms with van der Waals surface area (Å²) < 4.78 is 0. The highest BCUT2D eigenvalue weighted by molar-refractivity contribution is 7.08. The van der Waals surface area contributed by atoms with Gasteiger partial charge in [-0.05, 0) is 41.4 Å². The first-order chi connectivity index (χ1) is 8.99. The van der Waals surface area contributed by atoms with Crippen molar-refractivity contribution in [2.45, 2.75) is 12.5 Å². The zero-order chi connectivity index (χ0) is 13.9. The van der Waals surface area contributed by atoms with Crippen LogP contribution in [-0.2, 0) is 5.60 Å². The lowest BCUT2D eigenvalue weighted by Gasteiger charge is -2.22. The maximum absolute atomic E-state index is 11.9. The summed E-state index contributed by atoms with van der Waals surface area (Å²) in [5.41, 5.74) is 0.110. The number of nitrogens with zero attached hydrogens (tertiary/aromatic N) is 1. The van der Waals surface area contributed by atoms with E-state index in [1.54, 1.807) is 13.0 Å². The van der Waals surface area contributed by atoms with E-state index in [1.165, 1.54) is 23.6 Å². The number of amides is 1. The summed E-state index contributed by atoms with van der Waals surface area (Å²) in [6.45, 7) is 1.79. The molecule has 100 valence electrons. The molecule has 0 aromatic carbocycles. The molecule has 0 saturated heterocycles. The molecule has 0 aliphatic rings. The van der Waals surface area contributed by atoms with Crippen LogP contribution in [0.3, 0.4) is 0 Å². The number of hydrogen-bond acceptors (Lipinski definition) is 4. The summed E-state index contributed by atoms with van der Waals surface area (Å²) in [5, 5.41) is 17.0. The van der Waals surface area contributed by atoms with Gasteiger partial charge in [0.1, 0.15) is 10.8 Å². The van der Waals surface area contributed by atoms with E-state index in [1.807, 2.05) is 16.8 Å². The summed E-state index contributed by atoms with van der Waals surface area (Å²) in [6.07, 6.45) is 1.47. The molecule has 2 heterocycles. The van der Waals surface area contributed by atoms with Gasteiger partial charge in [-0.15, -0.1) is 0 Å². The molecule has 0 aliphatic heterocycles. The van der Waals surface area contributed by atoms with Gasteiger partial charge in [0.05, 0.1) is 6.54 Å². The van der Waals surface area contributed by atoms with Gasteiger partial charge in [-0.1, -0.05) is 11.6 Å². The first-order valence-corrected chi connectivity index (χ1v) is 6.96. The molecule has 0 fully saturated rings. The summed E-state index contributed by atoms with van der Waals surface area (Å²) in [5.74, 6) is -0.292. The number of halogens is 1. The number of carbonyl (C=O) groups excluding carboxylic acids is 1. The van der Waals surface area contributed by atoms with Gasteiger partial charge < -0.3 is 10.4 Å². The van der Waals surface area contributed by atoms with E-state index in [0.29, 0.717) is 5.56 Å². The molecular weight excluding hydrogens is 284 g/mol. The molecule has 6 heteroatoms. The molecule has 0 radical (unpaired) electrons. The van der Waals surface area contributed by atoms with Gasteiger partial charge in [0, 0.05) is 11.8 Å². The molecule has 1 atom stereocenters. The highest BCUT2D eigenvalue weighted by atomic mass is 35.5. The minimum atomic E-state index is -1.09. The molecule has 0 spiro atoms. The van der Waals surface area contributed by atoms with Crippen LogP contribution in [0.4, 0.5) is 0 Å². The van der Waals surface area contributed by atoms with Crippen molar-refractivity contribution in [3.63, 3.8) is 0 Å². The number of pyridine rings is 1. The van der Waals surface area contributed by atoms with E-state index in [4.69, 9.17) is 11.6 Å². The molecule has 4 nitrogen and oxygen atoms in total. The zero-order valence-corrected chi connectivity index (χ0v) is 11.8. The second-order valence-corrected chi connectivity index (χ2v) is 5.50. The Kier molecular flexibility index (Phi) is 4.19. The normalized spacial score (nSPS) is 13.8. The summed E-state index contributed by atoms with van der Waals surface area (Å²) in [4.78, 5) is 15.7. The van der Waals surface area contributed by atoms with Crippen molar-refractivity contribution in [1.29, 1.82) is 0 Å². The second-order valence-electron chi connectivity index (χ2n) is 4.34. The Labute approximate surface area is 120 Å². The topological polar surface area (TPSA) is 62.2 Å². The molecule has 0 aliphatic carbocycles. The summed E-state index contributed by atoms with van der Waals surface area (Å²) in [6, 6.07) is 4.89. The fourth-order valence-electron chi connectivity index (χ4n) is 1.57. The smallest absolute Gasteiger partial charge is 0.251 e. The summed E-state index contributed by atoms with van der Waals surface area (Å²) >= 11 is 7.22. The lowest BCUT2D eigenvalue weighted by atomic mass is 9.99. The molecule has 2 N–H and O–H groups in total. The second kappa shape index (κ2) is 5.69. The lowest BCUT2D eigenvalue weighted by molar-refractivity contribution is 0.0530. The lowest BCUT2D eigenvalue weighted by Crippen LogP contribution is -2.38. The quantitative estimate of drug-likeness (QED) is 0.852. The third kappa shape index (κ3) is 3.53. The van der Waals surface area contributed by atoms with E-state index < -0.39 is 5.60 Å². The van der Waals surface area contributed by atoms with Crippen molar-refractivity contribution >= 4 is 28.8 Å². The number of thiophene rings is 1. The Hall–Kier alpha value is -1.43. The van der Waals surface area contributed by atoms with Crippen LogP contribution < -0.4 is 5.32 Å². The average Bonchev–Trinajstić information content (AvgIpc) is 2.90. The molecule has 19 heavy (non-hydrogen) atoms. The van der Waals surface area contributed by atoms with Gasteiger partial charge in [-0.3, -0.25) is 4.79 Å². The maximum atomic E-state index is 11.9. The van der Waals surface area contributed by atoms with Gasteiger partial charge in [0.2, 0.25) is 0 Å². The van der Waals surface area contributed by atoms with Crippen molar-refractivity contribution in [3.05, 3.63) is 51.4 Å². The Balaban J connectivity index is 2.01. The molecule has 1 unspecified atom stereocenters. The maximum Gasteiger partial charge on any atom is 0.251 e. The number of aromatic nitrogens is 1. The predicted molar refractivity (Wildman–Crippen MR) is 75.5 cm³/mol. The van der Waals surface area contributed by atoms with Gasteiger partial charge >= 0.3 is 0 Å². The molecule has 0 saturated carbocycles. The van der Waals surface area contributed by atoms with Crippen molar-refractivity contribution in [2.75, 3.05) is 6.54 Å². The van der Waals surface area contributed by atoms with E-state index >= 15 is 0 Å². The van der Waals surface area contributed by atoms with E-state index in [2.05, 4.69) is 10.3 Å². The van der Waals surface area contributed by atoms with Crippen molar-refractivity contribution < 1.29 is 9.90 Å². The van der Waals surface area contributed by atoms with E-state index in [-0.39, 0.29) is 17.6 Å². The van der Waals surface area contributed by atoms with Gasteiger partial charge in [0.25, 0.3) is 5.91 Å². The predicted octanol–water partition coefficient (Wildman–Crippen LogP) is 2.43. The highest BCUT2D eigenvalue weighted by Gasteiger charge is 2.24. The number of carbonyl (C=O) groups is 1. The van der Waals surface area contributed by atoms with Crippen LogP contribution in [-0.4, -0.2) is 22.5 Å². The Morgan fingerprint density at radius 3 is 3.00 bits per heavy atom. The van der Waals surface area contributed by atoms with Gasteiger partial charge in [-0.2, -0.15) is 11.3 Å². The minimum Gasteiger partial charge on any atom is -0.384 e. The molecule has 0 bridgehead atoms. The van der Waals surface area contributed by atoms with Crippen LogP contribution in [0.25, 0.3) is 0 Å². The summed E-state index contributed by atoms with van der Waals surface area (Å²) in [7, 11) is 0. The molecule has 2 aromatic rings. The fraction of sp³-hybridized carbons (Fsp3) is 0.231. The fourth-order valence-corrected chi connectivity index (χ4v) is 2.53.